The molecule has 0 N–H and O–H groups in total. The summed E-state index contributed by atoms with van der Waals surface area (Å²) in [6.45, 7) is -0.333. The fourth-order valence-corrected chi connectivity index (χ4v) is 9.96. The number of pyridine rings is 1. The average molecular weight is 932 g/mol. The summed E-state index contributed by atoms with van der Waals surface area (Å²) in [5.74, 6) is 1.91. The standard InChI is InChI=1S/C51H35N5O.Pt/c1-31-20-21-34(54-30-53(3)44-18-9-10-19-45(44)54)25-49(31)57-35-22-23-37-40-27-41-39-16-11-15-38-36-14-7-8-17-43(36)56(51(38)39)48(41)28-47(40)55(46(37)26-35)50-24-32(2)42(29-52-50)33-12-5-4-6-13-33;/h4-29H,1-3H3;/i2D3;. The first kappa shape index (κ1) is 30.4. The Kier molecular flexibility index (Phi) is 6.48. The summed E-state index contributed by atoms with van der Waals surface area (Å²) >= 11 is 2.38. The van der Waals surface area contributed by atoms with E-state index in [1.54, 1.807) is 12.3 Å². The SMILES string of the molecule is [2H]C([2H])([2H])c1cc(-n2c3cc(Oc4cc(-n5[c](=[Pt])n(C)c6ccccc65)ccc4C)ccc3c3cc4c5cccc6c7ccccc7n(c4cc32)c65)ncc1-c1ccccc1. The van der Waals surface area contributed by atoms with Crippen LogP contribution in [0.4, 0.5) is 0 Å². The van der Waals surface area contributed by atoms with Gasteiger partial charge >= 0.3 is 201 Å². The van der Waals surface area contributed by atoms with E-state index in [-0.39, 0.29) is 5.56 Å². The van der Waals surface area contributed by atoms with Gasteiger partial charge in [0.1, 0.15) is 0 Å². The zero-order chi connectivity index (χ0) is 41.3. The van der Waals surface area contributed by atoms with Gasteiger partial charge in [-0.25, -0.2) is 0 Å². The quantitative estimate of drug-likeness (QED) is 0.173. The monoisotopic (exact) mass is 931 g/mol. The molecule has 0 aliphatic rings. The Labute approximate surface area is 348 Å². The molecule has 0 fully saturated rings. The second-order valence-electron chi connectivity index (χ2n) is 15.1. The van der Waals surface area contributed by atoms with Crippen LogP contribution >= 0.6 is 0 Å². The van der Waals surface area contributed by atoms with Crippen LogP contribution in [0, 0.1) is 17.6 Å². The first-order valence-electron chi connectivity index (χ1n) is 20.8. The van der Waals surface area contributed by atoms with Gasteiger partial charge in [0.2, 0.25) is 0 Å². The number of imidazole rings is 1. The first-order valence-corrected chi connectivity index (χ1v) is 20.4. The molecule has 0 saturated carbocycles. The molecule has 7 heteroatoms. The molecule has 0 aliphatic carbocycles. The van der Waals surface area contributed by atoms with Crippen LogP contribution in [0.5, 0.6) is 11.5 Å². The van der Waals surface area contributed by atoms with Crippen molar-refractivity contribution >= 4 is 70.9 Å². The van der Waals surface area contributed by atoms with Gasteiger partial charge < -0.3 is 4.40 Å². The van der Waals surface area contributed by atoms with E-state index in [1.165, 1.54) is 21.7 Å². The molecule has 12 aromatic rings. The van der Waals surface area contributed by atoms with Crippen molar-refractivity contribution in [2.45, 2.75) is 13.8 Å². The second kappa shape index (κ2) is 12.4. The third-order valence-corrected chi connectivity index (χ3v) is 13.1. The second-order valence-corrected chi connectivity index (χ2v) is 16.1. The summed E-state index contributed by atoms with van der Waals surface area (Å²) in [6, 6.07) is 51.9. The van der Waals surface area contributed by atoms with Gasteiger partial charge in [-0.2, -0.15) is 0 Å². The Morgan fingerprint density at radius 3 is 2.12 bits per heavy atom. The molecule has 12 rings (SSSR count). The zero-order valence-electron chi connectivity index (χ0n) is 34.5. The van der Waals surface area contributed by atoms with Crippen LogP contribution in [-0.4, -0.2) is 23.1 Å². The number of para-hydroxylation sites is 4. The number of rotatable bonds is 5. The number of ether oxygens (including phenoxy) is 1. The van der Waals surface area contributed by atoms with Crippen molar-refractivity contribution in [1.82, 2.24) is 23.1 Å². The van der Waals surface area contributed by atoms with Gasteiger partial charge in [0.15, 0.2) is 0 Å². The summed E-state index contributed by atoms with van der Waals surface area (Å²) in [5, 5.41) is 6.82. The molecule has 0 saturated heterocycles. The minimum absolute atomic E-state index is 0.242. The van der Waals surface area contributed by atoms with Gasteiger partial charge in [-0.1, -0.05) is 66.7 Å². The van der Waals surface area contributed by atoms with Crippen molar-refractivity contribution in [2.24, 2.45) is 7.05 Å². The molecule has 0 bridgehead atoms. The van der Waals surface area contributed by atoms with Crippen molar-refractivity contribution in [3.8, 4) is 34.1 Å². The number of nitrogens with zero attached hydrogens (tertiary/aromatic N) is 5. The molecular weight excluding hydrogens is 894 g/mol. The summed E-state index contributed by atoms with van der Waals surface area (Å²) in [6.07, 6.45) is 1.71. The first-order chi connectivity index (χ1) is 29.6. The summed E-state index contributed by atoms with van der Waals surface area (Å²) < 4.78 is 42.9. The Morgan fingerprint density at radius 1 is 0.569 bits per heavy atom. The van der Waals surface area contributed by atoms with Crippen LogP contribution in [0.1, 0.15) is 15.2 Å². The fraction of sp³-hybridized carbons (Fsp3) is 0.0588. The van der Waals surface area contributed by atoms with Crippen LogP contribution in [0.25, 0.3) is 93.6 Å². The predicted octanol–water partition coefficient (Wildman–Crippen LogP) is 12.8. The molecule has 0 amide bonds. The molecule has 5 aromatic heterocycles. The third-order valence-electron chi connectivity index (χ3n) is 11.9. The van der Waals surface area contributed by atoms with E-state index >= 15 is 0 Å². The molecule has 0 aliphatic heterocycles. The minimum atomic E-state index is -2.39. The van der Waals surface area contributed by atoms with Gasteiger partial charge in [-0.15, -0.1) is 0 Å². The normalized spacial score (nSPS) is 13.1. The molecule has 0 radical (unpaired) electrons. The third kappa shape index (κ3) is 4.70. The Balaban J connectivity index is 1.11. The Hall–Kier alpha value is -6.75. The van der Waals surface area contributed by atoms with Crippen molar-refractivity contribution in [2.75, 3.05) is 0 Å². The molecule has 6 nitrogen and oxygen atoms in total. The average Bonchev–Trinajstić information content (AvgIpc) is 3.97. The van der Waals surface area contributed by atoms with Crippen molar-refractivity contribution in [1.29, 1.82) is 0 Å². The van der Waals surface area contributed by atoms with Crippen LogP contribution in [0.3, 0.4) is 0 Å². The molecule has 0 atom stereocenters. The maximum absolute atomic E-state index is 8.70. The number of benzene rings is 7. The molecule has 5 heterocycles. The van der Waals surface area contributed by atoms with Crippen LogP contribution in [-0.2, 0) is 26.4 Å². The van der Waals surface area contributed by atoms with Crippen molar-refractivity contribution < 1.29 is 28.2 Å². The van der Waals surface area contributed by atoms with E-state index in [4.69, 9.17) is 13.8 Å². The number of fused-ring (bicyclic) bond motifs is 10. The van der Waals surface area contributed by atoms with E-state index in [0.29, 0.717) is 17.1 Å². The number of aryl methyl sites for hydroxylation is 3. The maximum atomic E-state index is 8.70. The van der Waals surface area contributed by atoms with E-state index in [9.17, 15) is 0 Å². The van der Waals surface area contributed by atoms with E-state index < -0.39 is 6.85 Å². The van der Waals surface area contributed by atoms with Gasteiger partial charge in [0.25, 0.3) is 0 Å². The van der Waals surface area contributed by atoms with Crippen LogP contribution in [0.2, 0.25) is 0 Å². The molecule has 280 valence electrons. The van der Waals surface area contributed by atoms with Crippen molar-refractivity contribution in [3.63, 3.8) is 0 Å². The Bertz CT molecular complexity index is 3840. The van der Waals surface area contributed by atoms with Crippen molar-refractivity contribution in [3.05, 3.63) is 173 Å². The Morgan fingerprint density at radius 2 is 1.28 bits per heavy atom. The van der Waals surface area contributed by atoms with E-state index in [2.05, 4.69) is 161 Å². The number of aromatic nitrogens is 5. The number of hydrogen-bond acceptors (Lipinski definition) is 2. The molecule has 7 aromatic carbocycles. The zero-order valence-corrected chi connectivity index (χ0v) is 33.7. The van der Waals surface area contributed by atoms with E-state index in [0.717, 1.165) is 75.6 Å². The van der Waals surface area contributed by atoms with Gasteiger partial charge in [0, 0.05) is 37.4 Å². The predicted molar refractivity (Wildman–Crippen MR) is 234 cm³/mol. The topological polar surface area (TPSA) is 41.3 Å². The summed E-state index contributed by atoms with van der Waals surface area (Å²) in [5.41, 5.74) is 11.1. The minimum Gasteiger partial charge on any atom is -0.0622 e. The van der Waals surface area contributed by atoms with Crippen LogP contribution < -0.4 is 4.74 Å². The van der Waals surface area contributed by atoms with E-state index in [1.807, 2.05) is 36.4 Å². The molecule has 0 unspecified atom stereocenters. The summed E-state index contributed by atoms with van der Waals surface area (Å²) in [4.78, 5) is 5.05. The summed E-state index contributed by atoms with van der Waals surface area (Å²) in [7, 11) is 2.08. The van der Waals surface area contributed by atoms with Gasteiger partial charge in [-0.05, 0) is 24.0 Å². The van der Waals surface area contributed by atoms with Gasteiger partial charge in [0.05, 0.1) is 16.6 Å². The smallest absolute Gasteiger partial charge is 0.0622 e. The van der Waals surface area contributed by atoms with Crippen LogP contribution in [0.15, 0.2) is 158 Å². The number of hydrogen-bond donors (Lipinski definition) is 0. The molecule has 0 spiro atoms. The van der Waals surface area contributed by atoms with Gasteiger partial charge in [-0.3, -0.25) is 0 Å². The fourth-order valence-electron chi connectivity index (χ4n) is 9.12. The molecular formula is C51H35N5OPt. The molecule has 58 heavy (non-hydrogen) atoms.